The molecule has 0 aliphatic heterocycles. The summed E-state index contributed by atoms with van der Waals surface area (Å²) in [5.41, 5.74) is 0. The molecule has 6 nitrogen and oxygen atoms in total. The summed E-state index contributed by atoms with van der Waals surface area (Å²) >= 11 is 0. The molecule has 0 aromatic rings. The minimum Gasteiger partial charge on any atom is -0.462 e. The molecule has 0 aromatic heterocycles. The van der Waals surface area contributed by atoms with Crippen LogP contribution in [0.5, 0.6) is 0 Å². The van der Waals surface area contributed by atoms with E-state index in [4.69, 9.17) is 14.2 Å². The van der Waals surface area contributed by atoms with Gasteiger partial charge in [0.05, 0.1) is 0 Å². The molecule has 0 amide bonds. The van der Waals surface area contributed by atoms with Crippen molar-refractivity contribution in [1.82, 2.24) is 0 Å². The standard InChI is InChI=1S/C73H122O6/c1-4-7-10-13-16-19-22-25-26-27-28-29-30-31-32-33-34-35-36-37-38-39-40-41-42-43-44-45-46-49-51-54-57-60-63-66-72(75)78-69-70(79-73(76)67-64-61-58-55-52-48-24-21-18-15-12-9-6-3)68-77-71(74)65-62-59-56-53-50-47-23-20-17-14-11-8-5-2/h7,10,16,19,25-26,28-29,31-32,34-35,37-38,40-41,43-44,46,49,70H,4-6,8-9,11-15,17-18,20-24,27,30,33,36,39,42,45,47-48,50-69H2,1-3H3/b10-7-,19-16-,26-25-,29-28-,32-31-,35-34-,38-37-,41-40-,44-43-,49-46-. The Bertz CT molecular complexity index is 1640. The van der Waals surface area contributed by atoms with E-state index < -0.39 is 6.10 Å². The van der Waals surface area contributed by atoms with E-state index in [-0.39, 0.29) is 31.1 Å². The van der Waals surface area contributed by atoms with E-state index in [1.165, 1.54) is 128 Å². The van der Waals surface area contributed by atoms with Crippen LogP contribution in [0.2, 0.25) is 0 Å². The lowest BCUT2D eigenvalue weighted by Crippen LogP contribution is -2.30. The third-order valence-corrected chi connectivity index (χ3v) is 14.0. The quantitative estimate of drug-likeness (QED) is 0.0261. The van der Waals surface area contributed by atoms with Gasteiger partial charge in [0, 0.05) is 19.3 Å². The van der Waals surface area contributed by atoms with Crippen molar-refractivity contribution >= 4 is 17.9 Å². The topological polar surface area (TPSA) is 78.9 Å². The summed E-state index contributed by atoms with van der Waals surface area (Å²) in [5, 5.41) is 0. The molecule has 0 rings (SSSR count). The number of rotatable bonds is 59. The molecular weight excluding hydrogens is 973 g/mol. The molecule has 0 heterocycles. The molecule has 1 atom stereocenters. The van der Waals surface area contributed by atoms with Crippen LogP contribution < -0.4 is 0 Å². The van der Waals surface area contributed by atoms with Crippen molar-refractivity contribution in [2.45, 2.75) is 309 Å². The minimum atomic E-state index is -0.787. The largest absolute Gasteiger partial charge is 0.462 e. The first-order chi connectivity index (χ1) is 39.0. The second-order valence-electron chi connectivity index (χ2n) is 21.7. The number of hydrogen-bond donors (Lipinski definition) is 0. The van der Waals surface area contributed by atoms with Crippen LogP contribution in [0.25, 0.3) is 0 Å². The SMILES string of the molecule is CC/C=C\C/C=C\C/C=C\C/C=C\C/C=C\C/C=C\C/C=C\C/C=C\C/C=C\C/C=C\CCCCCCC(=O)OCC(COC(=O)CCCCCCCCCCCCCCC)OC(=O)CCCCCCCCCCCCCCC. The monoisotopic (exact) mass is 1090 g/mol. The Balaban J connectivity index is 4.27. The van der Waals surface area contributed by atoms with Gasteiger partial charge in [0.1, 0.15) is 13.2 Å². The molecular formula is C73H122O6. The number of hydrogen-bond acceptors (Lipinski definition) is 6. The summed E-state index contributed by atoms with van der Waals surface area (Å²) in [6.07, 6.45) is 92.1. The van der Waals surface area contributed by atoms with E-state index >= 15 is 0 Å². The van der Waals surface area contributed by atoms with Gasteiger partial charge in [-0.3, -0.25) is 14.4 Å². The molecule has 0 aliphatic carbocycles. The van der Waals surface area contributed by atoms with Crippen LogP contribution in [0.3, 0.4) is 0 Å². The zero-order valence-corrected chi connectivity index (χ0v) is 51.6. The predicted molar refractivity (Wildman–Crippen MR) is 343 cm³/mol. The van der Waals surface area contributed by atoms with Crippen molar-refractivity contribution in [3.63, 3.8) is 0 Å². The maximum Gasteiger partial charge on any atom is 0.306 e. The van der Waals surface area contributed by atoms with Crippen LogP contribution in [0, 0.1) is 0 Å². The van der Waals surface area contributed by atoms with E-state index in [2.05, 4.69) is 142 Å². The maximum atomic E-state index is 12.9. The Morgan fingerprint density at radius 2 is 0.494 bits per heavy atom. The first-order valence-corrected chi connectivity index (χ1v) is 33.0. The highest BCUT2D eigenvalue weighted by Crippen LogP contribution is 2.16. The smallest absolute Gasteiger partial charge is 0.306 e. The fraction of sp³-hybridized carbons (Fsp3) is 0.685. The average Bonchev–Trinajstić information content (AvgIpc) is 3.45. The predicted octanol–water partition coefficient (Wildman–Crippen LogP) is 22.8. The van der Waals surface area contributed by atoms with Crippen LogP contribution in [-0.2, 0) is 28.6 Å². The molecule has 0 aromatic carbocycles. The van der Waals surface area contributed by atoms with Crippen molar-refractivity contribution in [2.75, 3.05) is 13.2 Å². The molecule has 0 N–H and O–H groups in total. The fourth-order valence-electron chi connectivity index (χ4n) is 9.06. The Hall–Kier alpha value is -4.19. The maximum absolute atomic E-state index is 12.9. The molecule has 0 aliphatic rings. The number of carbonyl (C=O) groups excluding carboxylic acids is 3. The van der Waals surface area contributed by atoms with Gasteiger partial charge in [-0.1, -0.05) is 309 Å². The Kier molecular flexibility index (Phi) is 62.8. The summed E-state index contributed by atoms with van der Waals surface area (Å²) in [7, 11) is 0. The molecule has 450 valence electrons. The van der Waals surface area contributed by atoms with E-state index in [0.29, 0.717) is 19.3 Å². The lowest BCUT2D eigenvalue weighted by molar-refractivity contribution is -0.167. The number of unbranched alkanes of at least 4 members (excludes halogenated alkanes) is 28. The normalized spacial score (nSPS) is 12.9. The molecule has 0 saturated carbocycles. The summed E-state index contributed by atoms with van der Waals surface area (Å²) in [6, 6.07) is 0. The number of allylic oxidation sites excluding steroid dienone is 20. The van der Waals surface area contributed by atoms with Crippen molar-refractivity contribution in [3.05, 3.63) is 122 Å². The lowest BCUT2D eigenvalue weighted by Gasteiger charge is -2.18. The Morgan fingerprint density at radius 3 is 0.772 bits per heavy atom. The number of carbonyl (C=O) groups is 3. The van der Waals surface area contributed by atoms with Crippen LogP contribution in [0.1, 0.15) is 303 Å². The van der Waals surface area contributed by atoms with Gasteiger partial charge in [-0.2, -0.15) is 0 Å². The minimum absolute atomic E-state index is 0.0829. The highest BCUT2D eigenvalue weighted by atomic mass is 16.6. The van der Waals surface area contributed by atoms with Gasteiger partial charge in [-0.15, -0.1) is 0 Å². The van der Waals surface area contributed by atoms with Crippen molar-refractivity contribution in [3.8, 4) is 0 Å². The van der Waals surface area contributed by atoms with E-state index in [0.717, 1.165) is 135 Å². The second-order valence-corrected chi connectivity index (χ2v) is 21.7. The van der Waals surface area contributed by atoms with Gasteiger partial charge >= 0.3 is 17.9 Å². The van der Waals surface area contributed by atoms with Gasteiger partial charge in [0.25, 0.3) is 0 Å². The van der Waals surface area contributed by atoms with Crippen molar-refractivity contribution in [2.24, 2.45) is 0 Å². The molecule has 6 heteroatoms. The van der Waals surface area contributed by atoms with Crippen LogP contribution in [0.15, 0.2) is 122 Å². The van der Waals surface area contributed by atoms with Gasteiger partial charge < -0.3 is 14.2 Å². The highest BCUT2D eigenvalue weighted by molar-refractivity contribution is 5.71. The van der Waals surface area contributed by atoms with E-state index in [1.54, 1.807) is 0 Å². The summed E-state index contributed by atoms with van der Waals surface area (Å²) in [4.78, 5) is 38.2. The fourth-order valence-corrected chi connectivity index (χ4v) is 9.06. The second kappa shape index (κ2) is 66.3. The number of esters is 3. The number of ether oxygens (including phenoxy) is 3. The van der Waals surface area contributed by atoms with Gasteiger partial charge in [-0.25, -0.2) is 0 Å². The molecule has 0 spiro atoms. The zero-order valence-electron chi connectivity index (χ0n) is 51.6. The van der Waals surface area contributed by atoms with Gasteiger partial charge in [-0.05, 0) is 96.3 Å². The average molecular weight is 1100 g/mol. The van der Waals surface area contributed by atoms with Crippen LogP contribution in [0.4, 0.5) is 0 Å². The van der Waals surface area contributed by atoms with E-state index in [1.807, 2.05) is 0 Å². The van der Waals surface area contributed by atoms with Crippen LogP contribution >= 0.6 is 0 Å². The van der Waals surface area contributed by atoms with Crippen molar-refractivity contribution < 1.29 is 28.6 Å². The third kappa shape index (κ3) is 64.5. The van der Waals surface area contributed by atoms with Gasteiger partial charge in [0.2, 0.25) is 0 Å². The summed E-state index contributed by atoms with van der Waals surface area (Å²) < 4.78 is 16.9. The van der Waals surface area contributed by atoms with Crippen LogP contribution in [-0.4, -0.2) is 37.2 Å². The lowest BCUT2D eigenvalue weighted by atomic mass is 10.0. The van der Waals surface area contributed by atoms with Gasteiger partial charge in [0.15, 0.2) is 6.10 Å². The summed E-state index contributed by atoms with van der Waals surface area (Å²) in [5.74, 6) is -0.901. The molecule has 0 bridgehead atoms. The third-order valence-electron chi connectivity index (χ3n) is 14.0. The molecule has 1 unspecified atom stereocenters. The van der Waals surface area contributed by atoms with Crippen molar-refractivity contribution in [1.29, 1.82) is 0 Å². The molecule has 0 fully saturated rings. The molecule has 0 radical (unpaired) electrons. The first kappa shape index (κ1) is 74.8. The summed E-state index contributed by atoms with van der Waals surface area (Å²) in [6.45, 7) is 6.52. The van der Waals surface area contributed by atoms with E-state index in [9.17, 15) is 14.4 Å². The Morgan fingerprint density at radius 1 is 0.266 bits per heavy atom. The highest BCUT2D eigenvalue weighted by Gasteiger charge is 2.19. The zero-order chi connectivity index (χ0) is 57.1. The Labute approximate surface area is 488 Å². The molecule has 79 heavy (non-hydrogen) atoms. The first-order valence-electron chi connectivity index (χ1n) is 33.0. The molecule has 0 saturated heterocycles.